The van der Waals surface area contributed by atoms with Crippen LogP contribution in [0.4, 0.5) is 0 Å². The van der Waals surface area contributed by atoms with Crippen molar-refractivity contribution in [3.8, 4) is 0 Å². The number of aliphatic carboxylic acids is 1. The van der Waals surface area contributed by atoms with Crippen LogP contribution in [0.1, 0.15) is 23.3 Å². The lowest BCUT2D eigenvalue weighted by atomic mass is 9.93. The van der Waals surface area contributed by atoms with E-state index in [1.165, 1.54) is 0 Å². The minimum atomic E-state index is -1.05. The van der Waals surface area contributed by atoms with Gasteiger partial charge in [0.1, 0.15) is 11.7 Å². The molecular weight excluding hydrogens is 320 g/mol. The molecule has 2 heterocycles. The molecular formula is C16H17ClN2O4. The summed E-state index contributed by atoms with van der Waals surface area (Å²) in [7, 11) is 0. The maximum absolute atomic E-state index is 12.4. The highest BCUT2D eigenvalue weighted by molar-refractivity contribution is 6.31. The highest BCUT2D eigenvalue weighted by Crippen LogP contribution is 2.21. The quantitative estimate of drug-likeness (QED) is 0.799. The second kappa shape index (κ2) is 6.60. The molecule has 0 saturated carbocycles. The van der Waals surface area contributed by atoms with Crippen molar-refractivity contribution in [3.63, 3.8) is 0 Å². The van der Waals surface area contributed by atoms with Crippen LogP contribution in [0.2, 0.25) is 5.02 Å². The number of hydrogen-bond acceptors (Lipinski definition) is 3. The topological polar surface area (TPSA) is 91.4 Å². The van der Waals surface area contributed by atoms with Crippen molar-refractivity contribution in [3.05, 3.63) is 35.0 Å². The summed E-state index contributed by atoms with van der Waals surface area (Å²) in [5.41, 5.74) is 1.04. The molecule has 6 nitrogen and oxygen atoms in total. The molecule has 2 aromatic rings. The van der Waals surface area contributed by atoms with Gasteiger partial charge < -0.3 is 20.1 Å². The van der Waals surface area contributed by atoms with E-state index in [0.717, 1.165) is 23.7 Å². The number of rotatable bonds is 4. The molecule has 1 aliphatic heterocycles. The van der Waals surface area contributed by atoms with Gasteiger partial charge >= 0.3 is 5.97 Å². The molecule has 23 heavy (non-hydrogen) atoms. The van der Waals surface area contributed by atoms with Crippen molar-refractivity contribution in [2.75, 3.05) is 13.2 Å². The zero-order valence-corrected chi connectivity index (χ0v) is 13.1. The molecule has 3 rings (SSSR count). The Morgan fingerprint density at radius 1 is 1.39 bits per heavy atom. The van der Waals surface area contributed by atoms with Gasteiger partial charge in [-0.2, -0.15) is 0 Å². The second-order valence-corrected chi connectivity index (χ2v) is 6.12. The number of amides is 1. The van der Waals surface area contributed by atoms with Crippen LogP contribution >= 0.6 is 11.6 Å². The van der Waals surface area contributed by atoms with E-state index in [-0.39, 0.29) is 5.92 Å². The number of aromatic amines is 1. The monoisotopic (exact) mass is 336 g/mol. The van der Waals surface area contributed by atoms with Crippen LogP contribution in [-0.2, 0) is 9.53 Å². The van der Waals surface area contributed by atoms with Gasteiger partial charge in [-0.1, -0.05) is 17.7 Å². The predicted molar refractivity (Wildman–Crippen MR) is 85.7 cm³/mol. The van der Waals surface area contributed by atoms with Crippen molar-refractivity contribution < 1.29 is 19.4 Å². The number of fused-ring (bicyclic) bond motifs is 1. The minimum absolute atomic E-state index is 0.218. The summed E-state index contributed by atoms with van der Waals surface area (Å²) in [6, 6.07) is 5.97. The fourth-order valence-electron chi connectivity index (χ4n) is 2.85. The van der Waals surface area contributed by atoms with Gasteiger partial charge in [0, 0.05) is 28.5 Å². The van der Waals surface area contributed by atoms with Crippen molar-refractivity contribution in [1.82, 2.24) is 10.3 Å². The van der Waals surface area contributed by atoms with E-state index in [1.807, 2.05) is 0 Å². The maximum atomic E-state index is 12.4. The molecule has 1 aliphatic rings. The molecule has 1 aromatic carbocycles. The lowest BCUT2D eigenvalue weighted by Crippen LogP contribution is -2.48. The number of ether oxygens (including phenoxy) is 1. The van der Waals surface area contributed by atoms with Crippen LogP contribution in [0.25, 0.3) is 10.9 Å². The standard InChI is InChI=1S/C16H17ClN2O4/c17-11-4-3-9-6-13(18-12(9)7-11)15(20)19-14(16(21)22)10-2-1-5-23-8-10/h3-4,6-7,10,14,18H,1-2,5,8H2,(H,19,20)(H,21,22). The number of carbonyl (C=O) groups is 2. The first kappa shape index (κ1) is 15.8. The first-order valence-corrected chi connectivity index (χ1v) is 7.82. The predicted octanol–water partition coefficient (Wildman–Crippen LogP) is 2.43. The zero-order valence-electron chi connectivity index (χ0n) is 12.3. The largest absolute Gasteiger partial charge is 0.480 e. The van der Waals surface area contributed by atoms with Crippen LogP contribution in [0.5, 0.6) is 0 Å². The van der Waals surface area contributed by atoms with Gasteiger partial charge in [0.15, 0.2) is 0 Å². The van der Waals surface area contributed by atoms with Gasteiger partial charge in [-0.3, -0.25) is 4.79 Å². The fourth-order valence-corrected chi connectivity index (χ4v) is 3.02. The molecule has 2 atom stereocenters. The summed E-state index contributed by atoms with van der Waals surface area (Å²) in [4.78, 5) is 26.8. The van der Waals surface area contributed by atoms with Crippen LogP contribution < -0.4 is 5.32 Å². The van der Waals surface area contributed by atoms with E-state index in [1.54, 1.807) is 24.3 Å². The van der Waals surface area contributed by atoms with Crippen LogP contribution in [0, 0.1) is 5.92 Å². The van der Waals surface area contributed by atoms with Gasteiger partial charge in [0.25, 0.3) is 5.91 Å². The lowest BCUT2D eigenvalue weighted by molar-refractivity contribution is -0.142. The third-order valence-corrected chi connectivity index (χ3v) is 4.28. The van der Waals surface area contributed by atoms with Gasteiger partial charge in [0.2, 0.25) is 0 Å². The molecule has 3 N–H and O–H groups in total. The summed E-state index contributed by atoms with van der Waals surface area (Å²) < 4.78 is 5.32. The lowest BCUT2D eigenvalue weighted by Gasteiger charge is -2.27. The molecule has 1 saturated heterocycles. The number of nitrogens with one attached hydrogen (secondary N) is 2. The normalized spacial score (nSPS) is 19.4. The van der Waals surface area contributed by atoms with Gasteiger partial charge in [-0.15, -0.1) is 0 Å². The summed E-state index contributed by atoms with van der Waals surface area (Å²) >= 11 is 5.92. The molecule has 1 fully saturated rings. The number of benzene rings is 1. The van der Waals surface area contributed by atoms with Crippen molar-refractivity contribution in [2.24, 2.45) is 5.92 Å². The molecule has 0 spiro atoms. The van der Waals surface area contributed by atoms with Crippen LogP contribution in [0.3, 0.4) is 0 Å². The molecule has 2 unspecified atom stereocenters. The number of aromatic nitrogens is 1. The third kappa shape index (κ3) is 3.48. The maximum Gasteiger partial charge on any atom is 0.326 e. The average Bonchev–Trinajstić information content (AvgIpc) is 2.96. The third-order valence-electron chi connectivity index (χ3n) is 4.05. The molecule has 0 aliphatic carbocycles. The molecule has 1 amide bonds. The van der Waals surface area contributed by atoms with Gasteiger partial charge in [-0.05, 0) is 31.0 Å². The Morgan fingerprint density at radius 2 is 2.22 bits per heavy atom. The number of carboxylic acids is 1. The number of halogens is 1. The Kier molecular flexibility index (Phi) is 4.54. The molecule has 0 bridgehead atoms. The average molecular weight is 337 g/mol. The van der Waals surface area contributed by atoms with Crippen molar-refractivity contribution in [1.29, 1.82) is 0 Å². The highest BCUT2D eigenvalue weighted by atomic mass is 35.5. The number of hydrogen-bond donors (Lipinski definition) is 3. The van der Waals surface area contributed by atoms with Gasteiger partial charge in [0.05, 0.1) is 6.61 Å². The Morgan fingerprint density at radius 3 is 2.91 bits per heavy atom. The SMILES string of the molecule is O=C(NC(C(=O)O)C1CCCOC1)c1cc2ccc(Cl)cc2[nH]1. The molecule has 122 valence electrons. The highest BCUT2D eigenvalue weighted by Gasteiger charge is 2.31. The summed E-state index contributed by atoms with van der Waals surface area (Å²) in [6.45, 7) is 0.985. The van der Waals surface area contributed by atoms with E-state index < -0.39 is 17.9 Å². The zero-order chi connectivity index (χ0) is 16.4. The minimum Gasteiger partial charge on any atom is -0.480 e. The van der Waals surface area contributed by atoms with E-state index in [4.69, 9.17) is 16.3 Å². The first-order chi connectivity index (χ1) is 11.0. The number of H-pyrrole nitrogens is 1. The van der Waals surface area contributed by atoms with Crippen LogP contribution in [-0.4, -0.2) is 41.2 Å². The Labute approximate surface area is 137 Å². The molecule has 0 radical (unpaired) electrons. The Bertz CT molecular complexity index is 737. The summed E-state index contributed by atoms with van der Waals surface area (Å²) in [5.74, 6) is -1.72. The van der Waals surface area contributed by atoms with E-state index in [0.29, 0.717) is 23.9 Å². The summed E-state index contributed by atoms with van der Waals surface area (Å²) in [6.07, 6.45) is 1.52. The van der Waals surface area contributed by atoms with E-state index in [2.05, 4.69) is 10.3 Å². The van der Waals surface area contributed by atoms with Crippen LogP contribution in [0.15, 0.2) is 24.3 Å². The first-order valence-electron chi connectivity index (χ1n) is 7.44. The number of carboxylic acid groups (broad SMARTS) is 1. The summed E-state index contributed by atoms with van der Waals surface area (Å²) in [5, 5.41) is 13.4. The molecule has 7 heteroatoms. The van der Waals surface area contributed by atoms with Gasteiger partial charge in [-0.25, -0.2) is 4.79 Å². The van der Waals surface area contributed by atoms with Crippen molar-refractivity contribution >= 4 is 34.4 Å². The Hall–Kier alpha value is -2.05. The van der Waals surface area contributed by atoms with E-state index >= 15 is 0 Å². The smallest absolute Gasteiger partial charge is 0.326 e. The fraction of sp³-hybridized carbons (Fsp3) is 0.375. The second-order valence-electron chi connectivity index (χ2n) is 5.68. The Balaban J connectivity index is 1.78. The molecule has 1 aromatic heterocycles. The number of carbonyl (C=O) groups excluding carboxylic acids is 1. The van der Waals surface area contributed by atoms with Crippen molar-refractivity contribution in [2.45, 2.75) is 18.9 Å². The van der Waals surface area contributed by atoms with E-state index in [9.17, 15) is 14.7 Å².